The third-order valence-corrected chi connectivity index (χ3v) is 13.2. The SMILES string of the molecule is CC1(C)c2ccccc2-c2ccc(N(c3ccccc3-c3ccccc3)c3cc4ccccc4c4c3ccc3c5ccccc5[se]c34)cc21. The molecule has 0 amide bonds. The summed E-state index contributed by atoms with van der Waals surface area (Å²) in [5.41, 5.74) is 11.3. The Bertz CT molecular complexity index is 2750. The number of hydrogen-bond donors (Lipinski definition) is 0. The van der Waals surface area contributed by atoms with Gasteiger partial charge in [-0.2, -0.15) is 0 Å². The predicted octanol–water partition coefficient (Wildman–Crippen LogP) is 12.8. The van der Waals surface area contributed by atoms with Crippen molar-refractivity contribution >= 4 is 72.4 Å². The molecule has 0 aliphatic heterocycles. The second-order valence-corrected chi connectivity index (χ2v) is 15.9. The first-order valence-electron chi connectivity index (χ1n) is 17.0. The molecular weight excluding hydrogens is 657 g/mol. The van der Waals surface area contributed by atoms with E-state index in [-0.39, 0.29) is 19.9 Å². The van der Waals surface area contributed by atoms with Crippen LogP contribution in [0.1, 0.15) is 25.0 Å². The van der Waals surface area contributed by atoms with Crippen molar-refractivity contribution < 1.29 is 0 Å². The number of rotatable bonds is 4. The van der Waals surface area contributed by atoms with Crippen LogP contribution < -0.4 is 4.90 Å². The molecule has 1 aliphatic carbocycles. The molecule has 1 nitrogen and oxygen atoms in total. The maximum atomic E-state index is 2.54. The van der Waals surface area contributed by atoms with Crippen LogP contribution in [-0.4, -0.2) is 14.5 Å². The van der Waals surface area contributed by atoms with Gasteiger partial charge in [0.1, 0.15) is 0 Å². The average molecular weight is 691 g/mol. The van der Waals surface area contributed by atoms with E-state index in [0.717, 1.165) is 0 Å². The first-order chi connectivity index (χ1) is 24.1. The predicted molar refractivity (Wildman–Crippen MR) is 211 cm³/mol. The van der Waals surface area contributed by atoms with Crippen LogP contribution in [-0.2, 0) is 5.41 Å². The van der Waals surface area contributed by atoms with Gasteiger partial charge in [-0.25, -0.2) is 0 Å². The standard InChI is InChI=1S/C47H33NSe/c1-47(2)40-21-11-8-19-35(40)36-25-24-32(29-41(36)47)48(42-22-12-9-17-33(42)30-14-4-3-5-15-30)43-28-31-16-6-7-18-34(31)45-39(43)27-26-38-37-20-10-13-23-44(37)49-46(38)45/h3-29H,1-2H3. The van der Waals surface area contributed by atoms with Gasteiger partial charge in [-0.05, 0) is 0 Å². The Morgan fingerprint density at radius 1 is 0.469 bits per heavy atom. The molecule has 0 saturated carbocycles. The third-order valence-electron chi connectivity index (χ3n) is 10.6. The fourth-order valence-electron chi connectivity index (χ4n) is 8.30. The number of benzene rings is 8. The summed E-state index contributed by atoms with van der Waals surface area (Å²) < 4.78 is 2.96. The third kappa shape index (κ3) is 4.25. The van der Waals surface area contributed by atoms with Crippen molar-refractivity contribution in [2.45, 2.75) is 19.3 Å². The van der Waals surface area contributed by atoms with Gasteiger partial charge in [0.25, 0.3) is 0 Å². The second kappa shape index (κ2) is 10.8. The molecule has 1 aromatic heterocycles. The summed E-state index contributed by atoms with van der Waals surface area (Å²) in [6, 6.07) is 61.0. The van der Waals surface area contributed by atoms with Crippen LogP contribution >= 0.6 is 0 Å². The quantitative estimate of drug-likeness (QED) is 0.131. The van der Waals surface area contributed by atoms with E-state index in [4.69, 9.17) is 0 Å². The van der Waals surface area contributed by atoms with Crippen molar-refractivity contribution in [3.05, 3.63) is 175 Å². The van der Waals surface area contributed by atoms with Crippen molar-refractivity contribution in [1.29, 1.82) is 0 Å². The van der Waals surface area contributed by atoms with Gasteiger partial charge in [0.2, 0.25) is 0 Å². The van der Waals surface area contributed by atoms with Gasteiger partial charge in [-0.15, -0.1) is 0 Å². The van der Waals surface area contributed by atoms with E-state index in [2.05, 4.69) is 183 Å². The van der Waals surface area contributed by atoms with Crippen LogP contribution in [0.2, 0.25) is 0 Å². The van der Waals surface area contributed by atoms with Crippen LogP contribution in [0.3, 0.4) is 0 Å². The first-order valence-corrected chi connectivity index (χ1v) is 18.7. The van der Waals surface area contributed by atoms with E-state index in [0.29, 0.717) is 0 Å². The summed E-state index contributed by atoms with van der Waals surface area (Å²) >= 11 is 0.225. The Morgan fingerprint density at radius 3 is 2.02 bits per heavy atom. The average Bonchev–Trinajstić information content (AvgIpc) is 3.64. The van der Waals surface area contributed by atoms with Gasteiger partial charge < -0.3 is 0 Å². The van der Waals surface area contributed by atoms with E-state index in [9.17, 15) is 0 Å². The Morgan fingerprint density at radius 2 is 1.14 bits per heavy atom. The van der Waals surface area contributed by atoms with Gasteiger partial charge in [0, 0.05) is 0 Å². The van der Waals surface area contributed by atoms with Gasteiger partial charge in [0.05, 0.1) is 0 Å². The molecule has 0 spiro atoms. The first kappa shape index (κ1) is 28.6. The topological polar surface area (TPSA) is 3.24 Å². The molecule has 1 aliphatic rings. The zero-order valence-electron chi connectivity index (χ0n) is 27.4. The summed E-state index contributed by atoms with van der Waals surface area (Å²) in [4.78, 5) is 2.54. The fraction of sp³-hybridized carbons (Fsp3) is 0.0638. The fourth-order valence-corrected chi connectivity index (χ4v) is 11.0. The molecular formula is C47H33NSe. The molecule has 0 bridgehead atoms. The molecule has 0 radical (unpaired) electrons. The van der Waals surface area contributed by atoms with E-state index < -0.39 is 0 Å². The Balaban J connectivity index is 1.32. The number of fused-ring (bicyclic) bond motifs is 10. The minimum absolute atomic E-state index is 0.104. The molecule has 49 heavy (non-hydrogen) atoms. The van der Waals surface area contributed by atoms with E-state index >= 15 is 0 Å². The van der Waals surface area contributed by atoms with Gasteiger partial charge in [0.15, 0.2) is 0 Å². The van der Waals surface area contributed by atoms with Crippen LogP contribution in [0.4, 0.5) is 17.1 Å². The molecule has 1 heterocycles. The minimum atomic E-state index is -0.104. The number of anilines is 3. The molecule has 2 heteroatoms. The van der Waals surface area contributed by atoms with Crippen molar-refractivity contribution in [2.75, 3.05) is 4.90 Å². The van der Waals surface area contributed by atoms with E-state index in [1.807, 2.05) is 0 Å². The Kier molecular flexibility index (Phi) is 6.31. The molecule has 10 rings (SSSR count). The molecule has 232 valence electrons. The van der Waals surface area contributed by atoms with Crippen LogP contribution in [0.25, 0.3) is 63.1 Å². The van der Waals surface area contributed by atoms with E-state index in [1.165, 1.54) is 91.3 Å². The van der Waals surface area contributed by atoms with Gasteiger partial charge >= 0.3 is 294 Å². The summed E-state index contributed by atoms with van der Waals surface area (Å²) in [6.45, 7) is 4.75. The van der Waals surface area contributed by atoms with Crippen molar-refractivity contribution in [2.24, 2.45) is 0 Å². The zero-order chi connectivity index (χ0) is 32.7. The van der Waals surface area contributed by atoms with Crippen molar-refractivity contribution in [3.8, 4) is 22.3 Å². The summed E-state index contributed by atoms with van der Waals surface area (Å²) in [7, 11) is 0. The molecule has 0 atom stereocenters. The van der Waals surface area contributed by atoms with Crippen LogP contribution in [0, 0.1) is 0 Å². The molecule has 0 saturated heterocycles. The van der Waals surface area contributed by atoms with E-state index in [1.54, 1.807) is 0 Å². The van der Waals surface area contributed by atoms with Crippen molar-refractivity contribution in [3.63, 3.8) is 0 Å². The molecule has 0 unspecified atom stereocenters. The number of para-hydroxylation sites is 1. The maximum absolute atomic E-state index is 2.54. The molecule has 9 aromatic rings. The zero-order valence-corrected chi connectivity index (χ0v) is 29.2. The van der Waals surface area contributed by atoms with Crippen LogP contribution in [0.5, 0.6) is 0 Å². The molecule has 0 N–H and O–H groups in total. The second-order valence-electron chi connectivity index (χ2n) is 13.7. The number of hydrogen-bond acceptors (Lipinski definition) is 1. The Hall–Kier alpha value is -5.40. The summed E-state index contributed by atoms with van der Waals surface area (Å²) in [5, 5.41) is 8.05. The van der Waals surface area contributed by atoms with Crippen LogP contribution in [0.15, 0.2) is 164 Å². The van der Waals surface area contributed by atoms with Crippen molar-refractivity contribution in [1.82, 2.24) is 0 Å². The molecule has 0 fully saturated rings. The summed E-state index contributed by atoms with van der Waals surface area (Å²) in [5.74, 6) is 0. The van der Waals surface area contributed by atoms with Gasteiger partial charge in [-0.3, -0.25) is 0 Å². The monoisotopic (exact) mass is 691 g/mol. The van der Waals surface area contributed by atoms with Gasteiger partial charge in [-0.1, -0.05) is 0 Å². The normalized spacial score (nSPS) is 13.3. The Labute approximate surface area is 292 Å². The summed E-state index contributed by atoms with van der Waals surface area (Å²) in [6.07, 6.45) is 0. The number of nitrogens with zero attached hydrogens (tertiary/aromatic N) is 1. The molecule has 8 aromatic carbocycles.